The van der Waals surface area contributed by atoms with E-state index in [0.29, 0.717) is 10.8 Å². The molecule has 2 aliphatic rings. The van der Waals surface area contributed by atoms with Crippen LogP contribution in [0.25, 0.3) is 6.08 Å². The van der Waals surface area contributed by atoms with E-state index < -0.39 is 0 Å². The summed E-state index contributed by atoms with van der Waals surface area (Å²) in [5.74, 6) is 0.0555. The highest BCUT2D eigenvalue weighted by Crippen LogP contribution is 2.30. The van der Waals surface area contributed by atoms with Crippen LogP contribution >= 0.6 is 12.2 Å². The highest BCUT2D eigenvalue weighted by atomic mass is 32.1. The Bertz CT molecular complexity index is 614. The van der Waals surface area contributed by atoms with Crippen molar-refractivity contribution in [1.29, 1.82) is 0 Å². The summed E-state index contributed by atoms with van der Waals surface area (Å²) >= 11 is 5.53. The van der Waals surface area contributed by atoms with E-state index in [1.165, 1.54) is 24.8 Å². The molecule has 116 valence electrons. The Labute approximate surface area is 137 Å². The van der Waals surface area contributed by atoms with Crippen molar-refractivity contribution in [1.82, 2.24) is 9.80 Å². The Kier molecular flexibility index (Phi) is 4.30. The van der Waals surface area contributed by atoms with E-state index in [2.05, 4.69) is 19.1 Å². The Balaban J connectivity index is 1.87. The quantitative estimate of drug-likeness (QED) is 0.614. The van der Waals surface area contributed by atoms with Gasteiger partial charge in [-0.05, 0) is 43.6 Å². The number of amides is 1. The second-order valence-corrected chi connectivity index (χ2v) is 6.61. The zero-order valence-corrected chi connectivity index (χ0v) is 14.0. The monoisotopic (exact) mass is 314 g/mol. The fourth-order valence-electron chi connectivity index (χ4n) is 3.26. The van der Waals surface area contributed by atoms with Gasteiger partial charge in [-0.2, -0.15) is 0 Å². The predicted octanol–water partition coefficient (Wildman–Crippen LogP) is 3.73. The zero-order chi connectivity index (χ0) is 15.7. The smallest absolute Gasteiger partial charge is 0.277 e. The van der Waals surface area contributed by atoms with Gasteiger partial charge >= 0.3 is 0 Å². The number of benzene rings is 1. The summed E-state index contributed by atoms with van der Waals surface area (Å²) < 4.78 is 0. The molecule has 0 atom stereocenters. The molecule has 1 saturated heterocycles. The second-order valence-electron chi connectivity index (χ2n) is 6.25. The van der Waals surface area contributed by atoms with Gasteiger partial charge in [0.2, 0.25) is 0 Å². The minimum Gasteiger partial charge on any atom is -0.317 e. The average Bonchev–Trinajstić information content (AvgIpc) is 2.74. The van der Waals surface area contributed by atoms with Crippen molar-refractivity contribution in [3.05, 3.63) is 41.1 Å². The predicted molar refractivity (Wildman–Crippen MR) is 93.2 cm³/mol. The third kappa shape index (κ3) is 2.80. The minimum absolute atomic E-state index is 0.0555. The van der Waals surface area contributed by atoms with Gasteiger partial charge in [0.1, 0.15) is 5.70 Å². The third-order valence-electron chi connectivity index (χ3n) is 4.61. The fourth-order valence-corrected chi connectivity index (χ4v) is 3.59. The second kappa shape index (κ2) is 6.21. The standard InChI is InChI=1S/C18H22N2OS/c1-13-8-10-14(11-9-13)12-16-17(21)20(18(22)19(16)2)15-6-4-3-5-7-15/h8-12,15H,3-7H2,1-2H3/b16-12-. The maximum atomic E-state index is 12.8. The lowest BCUT2D eigenvalue weighted by molar-refractivity contribution is -0.124. The van der Waals surface area contributed by atoms with Crippen molar-refractivity contribution in [2.45, 2.75) is 45.1 Å². The molecule has 0 aromatic heterocycles. The lowest BCUT2D eigenvalue weighted by atomic mass is 9.94. The first-order valence-corrected chi connectivity index (χ1v) is 8.38. The van der Waals surface area contributed by atoms with Gasteiger partial charge in [0, 0.05) is 13.1 Å². The minimum atomic E-state index is 0.0555. The number of carbonyl (C=O) groups excluding carboxylic acids is 1. The Morgan fingerprint density at radius 3 is 2.41 bits per heavy atom. The molecule has 1 saturated carbocycles. The first kappa shape index (κ1) is 15.2. The molecule has 1 heterocycles. The SMILES string of the molecule is Cc1ccc(/C=C2/C(=O)N(C3CCCCC3)C(=S)N2C)cc1. The van der Waals surface area contributed by atoms with Gasteiger partial charge in [-0.1, -0.05) is 49.1 Å². The fraction of sp³-hybridized carbons (Fsp3) is 0.444. The molecule has 1 aromatic rings. The molecule has 1 aliphatic heterocycles. The van der Waals surface area contributed by atoms with Crippen LogP contribution < -0.4 is 0 Å². The summed E-state index contributed by atoms with van der Waals surface area (Å²) in [7, 11) is 1.89. The lowest BCUT2D eigenvalue weighted by Gasteiger charge is -2.30. The summed E-state index contributed by atoms with van der Waals surface area (Å²) in [5.41, 5.74) is 2.93. The number of thiocarbonyl (C=S) groups is 1. The Hall–Kier alpha value is -1.68. The van der Waals surface area contributed by atoms with Crippen molar-refractivity contribution >= 4 is 29.3 Å². The lowest BCUT2D eigenvalue weighted by Crippen LogP contribution is -2.41. The van der Waals surface area contributed by atoms with Crippen LogP contribution in [0.4, 0.5) is 0 Å². The molecule has 2 fully saturated rings. The van der Waals surface area contributed by atoms with Gasteiger partial charge in [-0.25, -0.2) is 0 Å². The number of likely N-dealkylation sites (N-methyl/N-ethyl adjacent to an activating group) is 1. The number of aryl methyl sites for hydroxylation is 1. The maximum absolute atomic E-state index is 12.8. The topological polar surface area (TPSA) is 23.6 Å². The van der Waals surface area contributed by atoms with Gasteiger partial charge in [0.25, 0.3) is 5.91 Å². The van der Waals surface area contributed by atoms with Gasteiger partial charge in [0.05, 0.1) is 0 Å². The number of nitrogens with zero attached hydrogens (tertiary/aromatic N) is 2. The van der Waals surface area contributed by atoms with E-state index in [4.69, 9.17) is 12.2 Å². The molecule has 1 aromatic carbocycles. The van der Waals surface area contributed by atoms with Gasteiger partial charge in [0.15, 0.2) is 5.11 Å². The van der Waals surface area contributed by atoms with Crippen molar-refractivity contribution < 1.29 is 4.79 Å². The van der Waals surface area contributed by atoms with E-state index in [0.717, 1.165) is 18.4 Å². The van der Waals surface area contributed by atoms with Crippen LogP contribution in [0.15, 0.2) is 30.0 Å². The Morgan fingerprint density at radius 1 is 1.14 bits per heavy atom. The first-order valence-electron chi connectivity index (χ1n) is 7.97. The van der Waals surface area contributed by atoms with Crippen molar-refractivity contribution in [2.24, 2.45) is 0 Å². The van der Waals surface area contributed by atoms with Crippen molar-refractivity contribution in [3.63, 3.8) is 0 Å². The molecule has 0 radical (unpaired) electrons. The molecule has 0 N–H and O–H groups in total. The van der Waals surface area contributed by atoms with Crippen molar-refractivity contribution in [3.8, 4) is 0 Å². The summed E-state index contributed by atoms with van der Waals surface area (Å²) in [4.78, 5) is 16.5. The van der Waals surface area contributed by atoms with Gasteiger partial charge in [-0.15, -0.1) is 0 Å². The molecule has 3 rings (SSSR count). The molecule has 4 heteroatoms. The van der Waals surface area contributed by atoms with E-state index in [1.54, 1.807) is 0 Å². The number of rotatable bonds is 2. The summed E-state index contributed by atoms with van der Waals surface area (Å²) in [5, 5.41) is 0.648. The zero-order valence-electron chi connectivity index (χ0n) is 13.2. The van der Waals surface area contributed by atoms with Crippen LogP contribution in [0.5, 0.6) is 0 Å². The van der Waals surface area contributed by atoms with E-state index >= 15 is 0 Å². The van der Waals surface area contributed by atoms with Crippen LogP contribution in [0.3, 0.4) is 0 Å². The van der Waals surface area contributed by atoms with Crippen LogP contribution in [0.1, 0.15) is 43.2 Å². The molecule has 0 unspecified atom stereocenters. The Morgan fingerprint density at radius 2 is 1.77 bits per heavy atom. The highest BCUT2D eigenvalue weighted by Gasteiger charge is 2.40. The summed E-state index contributed by atoms with van der Waals surface area (Å²) in [6.45, 7) is 2.06. The van der Waals surface area contributed by atoms with Gasteiger partial charge < -0.3 is 4.90 Å². The molecule has 3 nitrogen and oxygen atoms in total. The molecule has 0 bridgehead atoms. The molecular formula is C18H22N2OS. The van der Waals surface area contributed by atoms with E-state index in [1.807, 2.05) is 35.1 Å². The normalized spacial score (nSPS) is 22.0. The number of carbonyl (C=O) groups is 1. The van der Waals surface area contributed by atoms with Crippen LogP contribution in [-0.4, -0.2) is 33.9 Å². The molecule has 0 spiro atoms. The van der Waals surface area contributed by atoms with Crippen LogP contribution in [0.2, 0.25) is 0 Å². The van der Waals surface area contributed by atoms with E-state index in [9.17, 15) is 4.79 Å². The maximum Gasteiger partial charge on any atom is 0.277 e. The molecular weight excluding hydrogens is 292 g/mol. The number of hydrogen-bond acceptors (Lipinski definition) is 2. The van der Waals surface area contributed by atoms with E-state index in [-0.39, 0.29) is 11.9 Å². The van der Waals surface area contributed by atoms with Gasteiger partial charge in [-0.3, -0.25) is 9.69 Å². The van der Waals surface area contributed by atoms with Crippen LogP contribution in [-0.2, 0) is 4.79 Å². The largest absolute Gasteiger partial charge is 0.317 e. The first-order chi connectivity index (χ1) is 10.6. The summed E-state index contributed by atoms with van der Waals surface area (Å²) in [6, 6.07) is 8.47. The highest BCUT2D eigenvalue weighted by molar-refractivity contribution is 7.80. The molecule has 1 amide bonds. The number of hydrogen-bond donors (Lipinski definition) is 0. The molecule has 1 aliphatic carbocycles. The summed E-state index contributed by atoms with van der Waals surface area (Å²) in [6.07, 6.45) is 7.73. The molecule has 22 heavy (non-hydrogen) atoms. The van der Waals surface area contributed by atoms with Crippen LogP contribution in [0, 0.1) is 6.92 Å². The third-order valence-corrected chi connectivity index (χ3v) is 5.08. The average molecular weight is 314 g/mol. The van der Waals surface area contributed by atoms with Crippen molar-refractivity contribution in [2.75, 3.05) is 7.05 Å².